The van der Waals surface area contributed by atoms with Gasteiger partial charge in [0.2, 0.25) is 0 Å². The van der Waals surface area contributed by atoms with Gasteiger partial charge in [-0.25, -0.2) is 0 Å². The van der Waals surface area contributed by atoms with E-state index < -0.39 is 0 Å². The predicted octanol–water partition coefficient (Wildman–Crippen LogP) is 9.43. The van der Waals surface area contributed by atoms with Crippen LogP contribution < -0.4 is 0 Å². The number of ether oxygens (including phenoxy) is 8. The zero-order valence-electron chi connectivity index (χ0n) is 33.6. The number of thiophene rings is 4. The third kappa shape index (κ3) is 12.2. The lowest BCUT2D eigenvalue weighted by atomic mass is 9.97. The van der Waals surface area contributed by atoms with E-state index in [0.717, 1.165) is 12.8 Å². The molecule has 0 amide bonds. The monoisotopic (exact) mass is 820 g/mol. The molecule has 0 aliphatic carbocycles. The molecule has 5 heterocycles. The Morgan fingerprint density at radius 3 is 0.611 bits per heavy atom. The van der Waals surface area contributed by atoms with E-state index in [4.69, 9.17) is 37.9 Å². The lowest BCUT2D eigenvalue weighted by Gasteiger charge is -2.13. The Morgan fingerprint density at radius 1 is 0.241 bits per heavy atom. The Hall–Kier alpha value is -1.52. The minimum atomic E-state index is 0.532. The zero-order valence-corrected chi connectivity index (χ0v) is 36.9. The maximum absolute atomic E-state index is 6.14. The smallest absolute Gasteiger partial charge is 0.0731 e. The van der Waals surface area contributed by atoms with E-state index in [9.17, 15) is 0 Å². The van der Waals surface area contributed by atoms with E-state index in [-0.39, 0.29) is 0 Å². The van der Waals surface area contributed by atoms with Crippen molar-refractivity contribution < 1.29 is 37.9 Å². The van der Waals surface area contributed by atoms with Crippen LogP contribution in [0.25, 0.3) is 0 Å². The number of aryl methyl sites for hydroxylation is 8. The van der Waals surface area contributed by atoms with Gasteiger partial charge in [0, 0.05) is 51.9 Å². The highest BCUT2D eigenvalue weighted by atomic mass is 32.1. The first kappa shape index (κ1) is 43.6. The molecule has 1 aliphatic rings. The summed E-state index contributed by atoms with van der Waals surface area (Å²) in [5.74, 6) is 0. The van der Waals surface area contributed by atoms with Gasteiger partial charge in [0.15, 0.2) is 0 Å². The van der Waals surface area contributed by atoms with E-state index >= 15 is 0 Å². The second-order valence-corrected chi connectivity index (χ2v) is 19.4. The molecule has 12 heteroatoms. The SMILES string of the molecule is Cc1sc(C)c2c1COCCOCCOCCOCc1c(C)sc(C)c1Cc1c(C)sc(C)c1COCCOCCOCCOCc1c(C)sc(C)c1C2. The number of rotatable bonds is 0. The molecule has 1 aliphatic heterocycles. The van der Waals surface area contributed by atoms with Crippen molar-refractivity contribution in [3.05, 3.63) is 83.5 Å². The summed E-state index contributed by atoms with van der Waals surface area (Å²) >= 11 is 7.43. The Bertz CT molecular complexity index is 1500. The van der Waals surface area contributed by atoms with E-state index in [1.165, 1.54) is 83.5 Å². The van der Waals surface area contributed by atoms with Gasteiger partial charge in [-0.1, -0.05) is 0 Å². The highest BCUT2D eigenvalue weighted by Crippen LogP contribution is 2.37. The van der Waals surface area contributed by atoms with Crippen molar-refractivity contribution in [2.24, 2.45) is 0 Å². The van der Waals surface area contributed by atoms with E-state index in [1.807, 2.05) is 45.3 Å². The van der Waals surface area contributed by atoms with Gasteiger partial charge in [-0.05, 0) is 99.9 Å². The first-order valence-corrected chi connectivity index (χ1v) is 22.3. The largest absolute Gasteiger partial charge is 0.377 e. The van der Waals surface area contributed by atoms with Crippen molar-refractivity contribution in [3.63, 3.8) is 0 Å². The summed E-state index contributed by atoms with van der Waals surface area (Å²) < 4.78 is 47.9. The van der Waals surface area contributed by atoms with Crippen molar-refractivity contribution >= 4 is 45.3 Å². The second kappa shape index (κ2) is 22.4. The van der Waals surface area contributed by atoms with Gasteiger partial charge < -0.3 is 37.9 Å². The van der Waals surface area contributed by atoms with Gasteiger partial charge in [0.25, 0.3) is 0 Å². The molecule has 0 saturated carbocycles. The third-order valence-corrected chi connectivity index (χ3v) is 14.4. The van der Waals surface area contributed by atoms with Gasteiger partial charge in [-0.3, -0.25) is 0 Å². The topological polar surface area (TPSA) is 73.8 Å². The number of fused-ring (bicyclic) bond motifs is 4. The molecule has 0 fully saturated rings. The summed E-state index contributed by atoms with van der Waals surface area (Å²) in [6.45, 7) is 26.5. The van der Waals surface area contributed by atoms with Crippen molar-refractivity contribution in [2.75, 3.05) is 79.3 Å². The van der Waals surface area contributed by atoms with Crippen LogP contribution in [0, 0.1) is 55.4 Å². The second-order valence-electron chi connectivity index (χ2n) is 13.7. The summed E-state index contributed by atoms with van der Waals surface area (Å²) in [6, 6.07) is 0. The van der Waals surface area contributed by atoms with Gasteiger partial charge >= 0.3 is 0 Å². The predicted molar refractivity (Wildman–Crippen MR) is 223 cm³/mol. The van der Waals surface area contributed by atoms with Crippen molar-refractivity contribution in [3.8, 4) is 0 Å². The van der Waals surface area contributed by atoms with Crippen LogP contribution in [0.15, 0.2) is 0 Å². The van der Waals surface area contributed by atoms with Crippen LogP contribution in [0.5, 0.6) is 0 Å². The summed E-state index contributed by atoms with van der Waals surface area (Å²) in [5.41, 5.74) is 10.7. The molecule has 4 aromatic rings. The molecule has 0 radical (unpaired) electrons. The lowest BCUT2D eigenvalue weighted by Crippen LogP contribution is -2.13. The summed E-state index contributed by atoms with van der Waals surface area (Å²) in [4.78, 5) is 10.7. The fourth-order valence-corrected chi connectivity index (χ4v) is 11.3. The maximum Gasteiger partial charge on any atom is 0.0731 e. The molecule has 0 N–H and O–H groups in total. The summed E-state index contributed by atoms with van der Waals surface area (Å²) in [5, 5.41) is 0. The molecule has 0 saturated heterocycles. The summed E-state index contributed by atoms with van der Waals surface area (Å²) in [7, 11) is 0. The molecule has 0 unspecified atom stereocenters. The summed E-state index contributed by atoms with van der Waals surface area (Å²) in [6.07, 6.45) is 1.78. The number of hydrogen-bond acceptors (Lipinski definition) is 12. The first-order valence-electron chi connectivity index (χ1n) is 19.1. The van der Waals surface area contributed by atoms with Crippen LogP contribution in [0.2, 0.25) is 0 Å². The fraction of sp³-hybridized carbons (Fsp3) is 0.619. The third-order valence-electron chi connectivity index (χ3n) is 10.0. The molecule has 4 aromatic heterocycles. The van der Waals surface area contributed by atoms with Crippen molar-refractivity contribution in [1.29, 1.82) is 0 Å². The van der Waals surface area contributed by atoms with Crippen LogP contribution in [-0.2, 0) is 77.2 Å². The first-order chi connectivity index (χ1) is 26.2. The average Bonchev–Trinajstić information content (AvgIpc) is 3.76. The van der Waals surface area contributed by atoms with Gasteiger partial charge in [-0.15, -0.1) is 45.3 Å². The molecule has 0 aromatic carbocycles. The van der Waals surface area contributed by atoms with E-state index in [2.05, 4.69) is 55.4 Å². The average molecular weight is 821 g/mol. The minimum absolute atomic E-state index is 0.532. The highest BCUT2D eigenvalue weighted by Gasteiger charge is 2.21. The van der Waals surface area contributed by atoms with Crippen LogP contribution in [0.3, 0.4) is 0 Å². The Morgan fingerprint density at radius 2 is 0.407 bits per heavy atom. The van der Waals surface area contributed by atoms with Gasteiger partial charge in [0.1, 0.15) is 0 Å². The van der Waals surface area contributed by atoms with Crippen LogP contribution >= 0.6 is 45.3 Å². The highest BCUT2D eigenvalue weighted by molar-refractivity contribution is 7.13. The van der Waals surface area contributed by atoms with Gasteiger partial charge in [0.05, 0.1) is 106 Å². The van der Waals surface area contributed by atoms with E-state index in [0.29, 0.717) is 106 Å². The van der Waals surface area contributed by atoms with Crippen molar-refractivity contribution in [1.82, 2.24) is 0 Å². The quantitative estimate of drug-likeness (QED) is 0.174. The Balaban J connectivity index is 1.17. The van der Waals surface area contributed by atoms with Gasteiger partial charge in [-0.2, -0.15) is 0 Å². The molecule has 54 heavy (non-hydrogen) atoms. The zero-order chi connectivity index (χ0) is 38.5. The molecule has 8 nitrogen and oxygen atoms in total. The molecule has 5 rings (SSSR count). The molecule has 0 spiro atoms. The minimum Gasteiger partial charge on any atom is -0.377 e. The molecule has 300 valence electrons. The van der Waals surface area contributed by atoms with Crippen LogP contribution in [0.4, 0.5) is 0 Å². The fourth-order valence-electron chi connectivity index (χ4n) is 6.96. The molecule has 0 atom stereocenters. The van der Waals surface area contributed by atoms with Crippen molar-refractivity contribution in [2.45, 2.75) is 94.7 Å². The normalized spacial score (nSPS) is 17.9. The number of hydrogen-bond donors (Lipinski definition) is 0. The molecular weight excluding hydrogens is 761 g/mol. The molecular formula is C42H60O8S4. The van der Waals surface area contributed by atoms with Crippen LogP contribution in [-0.4, -0.2) is 79.3 Å². The Labute approximate surface area is 339 Å². The maximum atomic E-state index is 6.14. The molecule has 0 bridgehead atoms. The van der Waals surface area contributed by atoms with E-state index in [1.54, 1.807) is 0 Å². The lowest BCUT2D eigenvalue weighted by molar-refractivity contribution is -0.00646. The Kier molecular flexibility index (Phi) is 18.1. The standard InChI is InChI=1S/C42H60O8S4/c1-27-35-21-36-28(2)52-32(6)40(36)24-48-18-14-44-11-12-46-16-20-50-26-42-34(8)54-30(4)38(42)22-37-29(3)53-33(7)41(37)25-49-19-15-45-10-9-43-13-17-47-23-39(35)31(5)51-27/h9-26H2,1-8H3. The van der Waals surface area contributed by atoms with Crippen LogP contribution in [0.1, 0.15) is 83.5 Å².